The minimum Gasteiger partial charge on any atom is -0.497 e. The molecule has 0 saturated heterocycles. The molecular formula is C15H18N2O6. The maximum absolute atomic E-state index is 11.9. The number of Topliss-reactive ketones (excluding diaryl/α,β-unsaturated/α-hetero) is 1. The smallest absolute Gasteiger partial charge is 0.326 e. The molecule has 0 aliphatic rings. The van der Waals surface area contributed by atoms with Gasteiger partial charge in [-0.2, -0.15) is 0 Å². The number of carboxylic acid groups (broad SMARTS) is 1. The summed E-state index contributed by atoms with van der Waals surface area (Å²) >= 11 is 0. The molecular weight excluding hydrogens is 304 g/mol. The van der Waals surface area contributed by atoms with Crippen LogP contribution in [0, 0.1) is 0 Å². The average Bonchev–Trinajstić information content (AvgIpc) is 2.51. The van der Waals surface area contributed by atoms with Crippen LogP contribution in [0.5, 0.6) is 5.75 Å². The first-order chi connectivity index (χ1) is 10.8. The number of nitrogens with two attached hydrogens (primary N) is 1. The van der Waals surface area contributed by atoms with Gasteiger partial charge < -0.3 is 20.9 Å². The second-order valence-electron chi connectivity index (χ2n) is 4.78. The number of rotatable bonds is 9. The van der Waals surface area contributed by atoms with E-state index in [0.29, 0.717) is 11.3 Å². The highest BCUT2D eigenvalue weighted by Crippen LogP contribution is 2.13. The largest absolute Gasteiger partial charge is 0.497 e. The predicted molar refractivity (Wildman–Crippen MR) is 79.9 cm³/mol. The van der Waals surface area contributed by atoms with Crippen LogP contribution >= 0.6 is 0 Å². The molecule has 1 aromatic rings. The topological polar surface area (TPSA) is 136 Å². The van der Waals surface area contributed by atoms with Crippen molar-refractivity contribution in [1.29, 1.82) is 0 Å². The van der Waals surface area contributed by atoms with Crippen molar-refractivity contribution in [1.82, 2.24) is 5.32 Å². The summed E-state index contributed by atoms with van der Waals surface area (Å²) in [6.45, 7) is 0. The van der Waals surface area contributed by atoms with E-state index in [1.807, 2.05) is 0 Å². The van der Waals surface area contributed by atoms with Crippen LogP contribution in [0.4, 0.5) is 0 Å². The van der Waals surface area contributed by atoms with Crippen molar-refractivity contribution in [3.8, 4) is 5.75 Å². The van der Waals surface area contributed by atoms with Crippen LogP contribution in [0.3, 0.4) is 0 Å². The zero-order valence-corrected chi connectivity index (χ0v) is 12.6. The molecule has 0 aliphatic heterocycles. The monoisotopic (exact) mass is 322 g/mol. The summed E-state index contributed by atoms with van der Waals surface area (Å²) in [7, 11) is 1.51. The Morgan fingerprint density at radius 1 is 1.17 bits per heavy atom. The van der Waals surface area contributed by atoms with Crippen LogP contribution in [-0.2, 0) is 14.4 Å². The van der Waals surface area contributed by atoms with Gasteiger partial charge in [0.2, 0.25) is 11.8 Å². The number of hydrogen-bond acceptors (Lipinski definition) is 5. The molecule has 0 aliphatic carbocycles. The molecule has 0 saturated carbocycles. The molecule has 23 heavy (non-hydrogen) atoms. The van der Waals surface area contributed by atoms with Crippen LogP contribution < -0.4 is 15.8 Å². The summed E-state index contributed by atoms with van der Waals surface area (Å²) in [5.74, 6) is -2.49. The fourth-order valence-electron chi connectivity index (χ4n) is 1.82. The molecule has 1 unspecified atom stereocenters. The molecule has 0 fully saturated rings. The molecule has 8 heteroatoms. The van der Waals surface area contributed by atoms with Gasteiger partial charge in [0, 0.05) is 18.4 Å². The lowest BCUT2D eigenvalue weighted by molar-refractivity contribution is -0.143. The van der Waals surface area contributed by atoms with Gasteiger partial charge in [0.05, 0.1) is 13.5 Å². The van der Waals surface area contributed by atoms with E-state index in [9.17, 15) is 19.2 Å². The zero-order chi connectivity index (χ0) is 17.4. The molecule has 1 rings (SSSR count). The maximum Gasteiger partial charge on any atom is 0.326 e. The number of carbonyl (C=O) groups excluding carboxylic acids is 3. The normalized spacial score (nSPS) is 11.3. The van der Waals surface area contributed by atoms with Crippen molar-refractivity contribution in [2.45, 2.75) is 25.3 Å². The minimum absolute atomic E-state index is 0.0823. The SMILES string of the molecule is COc1ccc(C(=O)CCC(=O)NC(CC(N)=O)C(=O)O)cc1. The lowest BCUT2D eigenvalue weighted by Gasteiger charge is -2.12. The lowest BCUT2D eigenvalue weighted by atomic mass is 10.1. The first-order valence-corrected chi connectivity index (χ1v) is 6.81. The minimum atomic E-state index is -1.39. The Balaban J connectivity index is 2.52. The second-order valence-corrected chi connectivity index (χ2v) is 4.78. The number of carboxylic acids is 1. The summed E-state index contributed by atoms with van der Waals surface area (Å²) < 4.78 is 4.98. The Kier molecular flexibility index (Phi) is 6.72. The number of benzene rings is 1. The van der Waals surface area contributed by atoms with E-state index in [1.54, 1.807) is 24.3 Å². The van der Waals surface area contributed by atoms with E-state index in [1.165, 1.54) is 7.11 Å². The number of ketones is 1. The third kappa shape index (κ3) is 6.16. The van der Waals surface area contributed by atoms with Gasteiger partial charge in [-0.1, -0.05) is 0 Å². The van der Waals surface area contributed by atoms with Gasteiger partial charge in [-0.15, -0.1) is 0 Å². The summed E-state index contributed by atoms with van der Waals surface area (Å²) in [6.07, 6.45) is -0.776. The standard InChI is InChI=1S/C15H18N2O6/c1-23-10-4-2-9(3-5-10)12(18)6-7-14(20)17-11(15(21)22)8-13(16)19/h2-5,11H,6-8H2,1H3,(H2,16,19)(H,17,20)(H,21,22). The van der Waals surface area contributed by atoms with Crippen LogP contribution in [0.25, 0.3) is 0 Å². The van der Waals surface area contributed by atoms with Crippen molar-refractivity contribution in [2.24, 2.45) is 5.73 Å². The zero-order valence-electron chi connectivity index (χ0n) is 12.6. The third-order valence-electron chi connectivity index (χ3n) is 3.03. The van der Waals surface area contributed by atoms with E-state index < -0.39 is 30.2 Å². The fourth-order valence-corrected chi connectivity index (χ4v) is 1.82. The molecule has 0 radical (unpaired) electrons. The van der Waals surface area contributed by atoms with Crippen molar-refractivity contribution >= 4 is 23.6 Å². The Hall–Kier alpha value is -2.90. The van der Waals surface area contributed by atoms with E-state index in [-0.39, 0.29) is 18.6 Å². The van der Waals surface area contributed by atoms with Crippen molar-refractivity contribution in [3.05, 3.63) is 29.8 Å². The molecule has 0 aromatic heterocycles. The van der Waals surface area contributed by atoms with Crippen LogP contribution in [0.2, 0.25) is 0 Å². The summed E-state index contributed by atoms with van der Waals surface area (Å²) in [5, 5.41) is 11.0. The Bertz CT molecular complexity index is 596. The van der Waals surface area contributed by atoms with E-state index >= 15 is 0 Å². The van der Waals surface area contributed by atoms with E-state index in [0.717, 1.165) is 0 Å². The number of methoxy groups -OCH3 is 1. The highest BCUT2D eigenvalue weighted by Gasteiger charge is 2.22. The van der Waals surface area contributed by atoms with Crippen molar-refractivity contribution in [2.75, 3.05) is 7.11 Å². The van der Waals surface area contributed by atoms with Gasteiger partial charge in [-0.3, -0.25) is 14.4 Å². The Morgan fingerprint density at radius 2 is 1.78 bits per heavy atom. The molecule has 2 amide bonds. The summed E-state index contributed by atoms with van der Waals surface area (Å²) in [5.41, 5.74) is 5.33. The number of ether oxygens (including phenoxy) is 1. The average molecular weight is 322 g/mol. The maximum atomic E-state index is 11.9. The highest BCUT2D eigenvalue weighted by atomic mass is 16.5. The molecule has 0 bridgehead atoms. The van der Waals surface area contributed by atoms with Gasteiger partial charge in [0.1, 0.15) is 11.8 Å². The van der Waals surface area contributed by atoms with Crippen molar-refractivity contribution < 1.29 is 29.0 Å². The van der Waals surface area contributed by atoms with Gasteiger partial charge >= 0.3 is 5.97 Å². The molecule has 124 valence electrons. The molecule has 8 nitrogen and oxygen atoms in total. The number of amides is 2. The van der Waals surface area contributed by atoms with Gasteiger partial charge in [0.15, 0.2) is 5.78 Å². The van der Waals surface area contributed by atoms with Gasteiger partial charge in [-0.25, -0.2) is 4.79 Å². The molecule has 0 spiro atoms. The molecule has 1 aromatic carbocycles. The fraction of sp³-hybridized carbons (Fsp3) is 0.333. The number of nitrogens with one attached hydrogen (secondary N) is 1. The van der Waals surface area contributed by atoms with Crippen molar-refractivity contribution in [3.63, 3.8) is 0 Å². The molecule has 1 atom stereocenters. The number of primary amides is 1. The number of aliphatic carboxylic acids is 1. The van der Waals surface area contributed by atoms with E-state index in [4.69, 9.17) is 15.6 Å². The molecule has 0 heterocycles. The lowest BCUT2D eigenvalue weighted by Crippen LogP contribution is -2.43. The van der Waals surface area contributed by atoms with Gasteiger partial charge in [0.25, 0.3) is 0 Å². The van der Waals surface area contributed by atoms with Crippen LogP contribution in [0.1, 0.15) is 29.6 Å². The Morgan fingerprint density at radius 3 is 2.26 bits per heavy atom. The van der Waals surface area contributed by atoms with Crippen LogP contribution in [0.15, 0.2) is 24.3 Å². The molecule has 4 N–H and O–H groups in total. The number of carbonyl (C=O) groups is 4. The quantitative estimate of drug-likeness (QED) is 0.552. The predicted octanol–water partition coefficient (Wildman–Crippen LogP) is 0.103. The van der Waals surface area contributed by atoms with Gasteiger partial charge in [-0.05, 0) is 24.3 Å². The van der Waals surface area contributed by atoms with Crippen LogP contribution in [-0.4, -0.2) is 41.8 Å². The summed E-state index contributed by atoms with van der Waals surface area (Å²) in [6, 6.07) is 5.01. The second kappa shape index (κ2) is 8.52. The first-order valence-electron chi connectivity index (χ1n) is 6.81. The Labute approximate surface area is 132 Å². The number of hydrogen-bond donors (Lipinski definition) is 3. The highest BCUT2D eigenvalue weighted by molar-refractivity contribution is 5.98. The first kappa shape index (κ1) is 18.1. The summed E-state index contributed by atoms with van der Waals surface area (Å²) in [4.78, 5) is 45.2. The third-order valence-corrected chi connectivity index (χ3v) is 3.03. The van der Waals surface area contributed by atoms with E-state index in [2.05, 4.69) is 5.32 Å².